The number of carbonyl (C=O) groups excluding carboxylic acids is 2. The van der Waals surface area contributed by atoms with Gasteiger partial charge in [0, 0.05) is 24.2 Å². The summed E-state index contributed by atoms with van der Waals surface area (Å²) >= 11 is 0. The summed E-state index contributed by atoms with van der Waals surface area (Å²) < 4.78 is 0. The first-order valence-electron chi connectivity index (χ1n) is 8.86. The first-order valence-corrected chi connectivity index (χ1v) is 8.86. The highest BCUT2D eigenvalue weighted by Gasteiger charge is 2.65. The number of carbonyl (C=O) groups is 2. The highest BCUT2D eigenvalue weighted by Crippen LogP contribution is 2.70. The Morgan fingerprint density at radius 2 is 1.71 bits per heavy atom. The maximum Gasteiger partial charge on any atom is 0.138 e. The lowest BCUT2D eigenvalue weighted by molar-refractivity contribution is -0.165. The van der Waals surface area contributed by atoms with Gasteiger partial charge in [0.1, 0.15) is 11.6 Å². The Morgan fingerprint density at radius 1 is 0.952 bits per heavy atom. The Labute approximate surface area is 128 Å². The van der Waals surface area contributed by atoms with Gasteiger partial charge in [-0.05, 0) is 61.2 Å². The van der Waals surface area contributed by atoms with E-state index < -0.39 is 0 Å². The Hall–Kier alpha value is -0.660. The fourth-order valence-corrected chi connectivity index (χ4v) is 7.20. The van der Waals surface area contributed by atoms with Crippen LogP contribution in [0.1, 0.15) is 72.1 Å². The van der Waals surface area contributed by atoms with Gasteiger partial charge in [0.25, 0.3) is 0 Å². The molecule has 21 heavy (non-hydrogen) atoms. The summed E-state index contributed by atoms with van der Waals surface area (Å²) in [5.74, 6) is 2.59. The van der Waals surface area contributed by atoms with Crippen LogP contribution >= 0.6 is 0 Å². The van der Waals surface area contributed by atoms with Crippen molar-refractivity contribution in [2.45, 2.75) is 72.1 Å². The molecule has 2 bridgehead atoms. The van der Waals surface area contributed by atoms with Gasteiger partial charge in [-0.2, -0.15) is 0 Å². The summed E-state index contributed by atoms with van der Waals surface area (Å²) in [4.78, 5) is 24.7. The van der Waals surface area contributed by atoms with Crippen LogP contribution in [0.25, 0.3) is 0 Å². The molecule has 0 amide bonds. The van der Waals surface area contributed by atoms with Gasteiger partial charge < -0.3 is 0 Å². The molecule has 0 unspecified atom stereocenters. The predicted molar refractivity (Wildman–Crippen MR) is 81.7 cm³/mol. The van der Waals surface area contributed by atoms with Gasteiger partial charge in [0.2, 0.25) is 0 Å². The Morgan fingerprint density at radius 3 is 2.48 bits per heavy atom. The van der Waals surface area contributed by atoms with Gasteiger partial charge in [-0.3, -0.25) is 9.59 Å². The monoisotopic (exact) mass is 288 g/mol. The summed E-state index contributed by atoms with van der Waals surface area (Å²) in [6.07, 6.45) is 8.51. The quantitative estimate of drug-likeness (QED) is 0.670. The van der Waals surface area contributed by atoms with Crippen molar-refractivity contribution < 1.29 is 9.59 Å². The van der Waals surface area contributed by atoms with Gasteiger partial charge in [0.05, 0.1) is 0 Å². The third-order valence-corrected chi connectivity index (χ3v) is 8.18. The maximum atomic E-state index is 12.4. The smallest absolute Gasteiger partial charge is 0.138 e. The van der Waals surface area contributed by atoms with Gasteiger partial charge in [-0.25, -0.2) is 0 Å². The highest BCUT2D eigenvalue weighted by atomic mass is 16.1. The van der Waals surface area contributed by atoms with Crippen LogP contribution in [-0.2, 0) is 9.59 Å². The number of ketones is 2. The Balaban J connectivity index is 1.75. The highest BCUT2D eigenvalue weighted by molar-refractivity contribution is 5.86. The fraction of sp³-hybridized carbons (Fsp3) is 0.895. The molecule has 4 saturated carbocycles. The van der Waals surface area contributed by atoms with Crippen molar-refractivity contribution in [2.75, 3.05) is 0 Å². The van der Waals surface area contributed by atoms with Crippen molar-refractivity contribution in [2.24, 2.45) is 34.0 Å². The van der Waals surface area contributed by atoms with Crippen molar-refractivity contribution in [3.8, 4) is 0 Å². The zero-order valence-corrected chi connectivity index (χ0v) is 13.7. The normalized spacial score (nSPS) is 51.5. The van der Waals surface area contributed by atoms with Gasteiger partial charge in [-0.15, -0.1) is 0 Å². The van der Waals surface area contributed by atoms with Crippen LogP contribution in [0.4, 0.5) is 0 Å². The Bertz CT molecular complexity index is 520. The molecule has 0 aromatic carbocycles. The lowest BCUT2D eigenvalue weighted by atomic mass is 9.41. The van der Waals surface area contributed by atoms with Crippen LogP contribution in [-0.4, -0.2) is 11.6 Å². The molecular weight excluding hydrogens is 260 g/mol. The van der Waals surface area contributed by atoms with E-state index in [1.54, 1.807) is 0 Å². The molecule has 4 rings (SSSR count). The second kappa shape index (κ2) is 4.00. The molecule has 2 heteroatoms. The van der Waals surface area contributed by atoms with Crippen LogP contribution in [0, 0.1) is 34.0 Å². The zero-order valence-electron chi connectivity index (χ0n) is 13.7. The first-order chi connectivity index (χ1) is 9.80. The molecule has 116 valence electrons. The Kier molecular flexibility index (Phi) is 2.66. The molecular formula is C19H28O2. The molecule has 0 aromatic heterocycles. The van der Waals surface area contributed by atoms with E-state index >= 15 is 0 Å². The van der Waals surface area contributed by atoms with Crippen LogP contribution in [0.3, 0.4) is 0 Å². The van der Waals surface area contributed by atoms with Crippen LogP contribution < -0.4 is 0 Å². The summed E-state index contributed by atoms with van der Waals surface area (Å²) in [5, 5.41) is 0. The molecule has 1 spiro atoms. The fourth-order valence-electron chi connectivity index (χ4n) is 7.20. The maximum absolute atomic E-state index is 12.4. The van der Waals surface area contributed by atoms with Crippen molar-refractivity contribution in [3.63, 3.8) is 0 Å². The number of Topliss-reactive ketones (excluding diaryl/α,β-unsaturated/α-hetero) is 2. The molecule has 0 saturated heterocycles. The van der Waals surface area contributed by atoms with Crippen molar-refractivity contribution in [1.82, 2.24) is 0 Å². The SMILES string of the molecule is CC1(C)C(=O)CC[C@]2(C)[C@@H]1CC[C@]13CC(=O)[C@H](CC[C@H]12)C3. The molecule has 4 aliphatic rings. The van der Waals surface area contributed by atoms with E-state index in [9.17, 15) is 9.59 Å². The lowest BCUT2D eigenvalue weighted by Gasteiger charge is -2.63. The largest absolute Gasteiger partial charge is 0.299 e. The lowest BCUT2D eigenvalue weighted by Crippen LogP contribution is -2.58. The van der Waals surface area contributed by atoms with E-state index in [4.69, 9.17) is 0 Å². The minimum atomic E-state index is -0.159. The summed E-state index contributed by atoms with van der Waals surface area (Å²) in [5.41, 5.74) is 0.432. The molecule has 0 aliphatic heterocycles. The summed E-state index contributed by atoms with van der Waals surface area (Å²) in [6.45, 7) is 6.82. The van der Waals surface area contributed by atoms with E-state index in [-0.39, 0.29) is 10.8 Å². The molecule has 5 atom stereocenters. The van der Waals surface area contributed by atoms with E-state index in [1.807, 2.05) is 0 Å². The van der Waals surface area contributed by atoms with Crippen molar-refractivity contribution in [1.29, 1.82) is 0 Å². The second-order valence-corrected chi connectivity index (χ2v) is 9.28. The second-order valence-electron chi connectivity index (χ2n) is 9.28. The van der Waals surface area contributed by atoms with Crippen molar-refractivity contribution in [3.05, 3.63) is 0 Å². The zero-order chi connectivity index (χ0) is 15.0. The molecule has 4 fully saturated rings. The van der Waals surface area contributed by atoms with E-state index in [2.05, 4.69) is 20.8 Å². The first kappa shape index (κ1) is 14.0. The van der Waals surface area contributed by atoms with E-state index in [1.165, 1.54) is 12.8 Å². The number of hydrogen-bond donors (Lipinski definition) is 0. The average Bonchev–Trinajstić information content (AvgIpc) is 2.65. The average molecular weight is 288 g/mol. The number of fused-ring (bicyclic) bond motifs is 3. The van der Waals surface area contributed by atoms with E-state index in [0.717, 1.165) is 38.5 Å². The topological polar surface area (TPSA) is 34.1 Å². The molecule has 4 aliphatic carbocycles. The van der Waals surface area contributed by atoms with Gasteiger partial charge in [0.15, 0.2) is 0 Å². The van der Waals surface area contributed by atoms with Crippen LogP contribution in [0.2, 0.25) is 0 Å². The van der Waals surface area contributed by atoms with Crippen molar-refractivity contribution >= 4 is 11.6 Å². The third-order valence-electron chi connectivity index (χ3n) is 8.18. The molecule has 0 radical (unpaired) electrons. The van der Waals surface area contributed by atoms with Crippen LogP contribution in [0.5, 0.6) is 0 Å². The number of hydrogen-bond acceptors (Lipinski definition) is 2. The predicted octanol–water partition coefficient (Wildman–Crippen LogP) is 4.17. The van der Waals surface area contributed by atoms with E-state index in [0.29, 0.717) is 34.7 Å². The molecule has 0 aromatic rings. The molecule has 2 nitrogen and oxygen atoms in total. The summed E-state index contributed by atoms with van der Waals surface area (Å²) in [7, 11) is 0. The molecule has 0 heterocycles. The van der Waals surface area contributed by atoms with Gasteiger partial charge >= 0.3 is 0 Å². The standard InChI is InChI=1S/C19H28O2/c1-17(2)14-6-9-19-10-12(13(20)11-19)4-5-15(19)18(14,3)8-7-16(17)21/h12,14-15H,4-11H2,1-3H3/t12-,14-,15+,18-,19+/m1/s1. The minimum Gasteiger partial charge on any atom is -0.299 e. The minimum absolute atomic E-state index is 0.159. The van der Waals surface area contributed by atoms with Crippen LogP contribution in [0.15, 0.2) is 0 Å². The third kappa shape index (κ3) is 1.60. The number of rotatable bonds is 0. The molecule has 0 N–H and O–H groups in total. The summed E-state index contributed by atoms with van der Waals surface area (Å²) in [6, 6.07) is 0. The van der Waals surface area contributed by atoms with Gasteiger partial charge in [-0.1, -0.05) is 20.8 Å².